The smallest absolute Gasteiger partial charge is 0.226 e. The largest absolute Gasteiger partial charge is 0.493 e. The van der Waals surface area contributed by atoms with Crippen LogP contribution in [0.4, 0.5) is 4.39 Å². The van der Waals surface area contributed by atoms with Crippen molar-refractivity contribution in [1.82, 2.24) is 15.2 Å². The number of likely N-dealkylation sites (N-methyl/N-ethyl adjacent to an activating group) is 1. The minimum absolute atomic E-state index is 0.127. The number of nitrogens with one attached hydrogen (secondary N) is 1. The third-order valence-corrected chi connectivity index (χ3v) is 5.81. The van der Waals surface area contributed by atoms with Gasteiger partial charge in [0.1, 0.15) is 10.8 Å². The molecule has 0 radical (unpaired) electrons. The Morgan fingerprint density at radius 1 is 1.16 bits per heavy atom. The van der Waals surface area contributed by atoms with E-state index in [0.29, 0.717) is 23.7 Å². The molecule has 0 bridgehead atoms. The number of rotatable bonds is 9. The van der Waals surface area contributed by atoms with E-state index in [0.717, 1.165) is 16.1 Å². The van der Waals surface area contributed by atoms with Gasteiger partial charge in [0.25, 0.3) is 0 Å². The van der Waals surface area contributed by atoms with Gasteiger partial charge in [0.2, 0.25) is 5.91 Å². The number of aromatic nitrogens is 1. The lowest BCUT2D eigenvalue weighted by molar-refractivity contribution is -0.120. The Morgan fingerprint density at radius 2 is 1.94 bits per heavy atom. The zero-order valence-corrected chi connectivity index (χ0v) is 18.8. The van der Waals surface area contributed by atoms with Crippen LogP contribution in [0.3, 0.4) is 0 Å². The fourth-order valence-electron chi connectivity index (χ4n) is 3.24. The molecule has 1 heterocycles. The summed E-state index contributed by atoms with van der Waals surface area (Å²) in [5.41, 5.74) is 2.40. The lowest BCUT2D eigenvalue weighted by Crippen LogP contribution is -2.35. The van der Waals surface area contributed by atoms with Gasteiger partial charge in [-0.25, -0.2) is 9.37 Å². The van der Waals surface area contributed by atoms with E-state index in [1.165, 1.54) is 23.5 Å². The number of hydrogen-bond donors (Lipinski definition) is 1. The molecule has 8 heteroatoms. The van der Waals surface area contributed by atoms with Gasteiger partial charge < -0.3 is 19.7 Å². The number of thiazole rings is 1. The first-order chi connectivity index (χ1) is 14.9. The van der Waals surface area contributed by atoms with Crippen molar-refractivity contribution >= 4 is 17.2 Å². The molecule has 1 N–H and O–H groups in total. The van der Waals surface area contributed by atoms with Crippen LogP contribution in [-0.2, 0) is 11.2 Å². The highest BCUT2D eigenvalue weighted by atomic mass is 32.1. The maximum atomic E-state index is 13.6. The monoisotopic (exact) mass is 443 g/mol. The Morgan fingerprint density at radius 3 is 2.61 bits per heavy atom. The molecule has 0 aliphatic heterocycles. The fraction of sp³-hybridized carbons (Fsp3) is 0.304. The first-order valence-electron chi connectivity index (χ1n) is 9.76. The van der Waals surface area contributed by atoms with Crippen LogP contribution in [0.5, 0.6) is 11.5 Å². The normalized spacial score (nSPS) is 11.9. The van der Waals surface area contributed by atoms with Crippen molar-refractivity contribution in [2.24, 2.45) is 0 Å². The van der Waals surface area contributed by atoms with Gasteiger partial charge in [0.15, 0.2) is 11.5 Å². The van der Waals surface area contributed by atoms with Crippen LogP contribution in [0.1, 0.15) is 17.3 Å². The summed E-state index contributed by atoms with van der Waals surface area (Å²) < 4.78 is 24.2. The van der Waals surface area contributed by atoms with Crippen molar-refractivity contribution in [3.63, 3.8) is 0 Å². The van der Waals surface area contributed by atoms with Gasteiger partial charge >= 0.3 is 0 Å². The molecule has 164 valence electrons. The highest BCUT2D eigenvalue weighted by Gasteiger charge is 2.17. The molecular weight excluding hydrogens is 417 g/mol. The molecule has 1 atom stereocenters. The third-order valence-electron chi connectivity index (χ3n) is 4.87. The predicted octanol–water partition coefficient (Wildman–Crippen LogP) is 3.93. The van der Waals surface area contributed by atoms with Crippen LogP contribution < -0.4 is 14.8 Å². The van der Waals surface area contributed by atoms with Crippen LogP contribution in [0.25, 0.3) is 10.6 Å². The number of ether oxygens (including phenoxy) is 2. The summed E-state index contributed by atoms with van der Waals surface area (Å²) in [6.45, 7) is 0.377. The molecule has 3 aromatic rings. The van der Waals surface area contributed by atoms with Crippen molar-refractivity contribution in [3.05, 3.63) is 64.9 Å². The zero-order valence-electron chi connectivity index (χ0n) is 18.0. The van der Waals surface area contributed by atoms with Gasteiger partial charge in [-0.05, 0) is 50.0 Å². The molecule has 2 aromatic carbocycles. The average Bonchev–Trinajstić information content (AvgIpc) is 3.21. The lowest BCUT2D eigenvalue weighted by atomic mass is 10.1. The van der Waals surface area contributed by atoms with E-state index in [1.54, 1.807) is 20.3 Å². The number of hydrogen-bond acceptors (Lipinski definition) is 6. The summed E-state index contributed by atoms with van der Waals surface area (Å²) in [6.07, 6.45) is 0.174. The highest BCUT2D eigenvalue weighted by Crippen LogP contribution is 2.33. The van der Waals surface area contributed by atoms with Crippen molar-refractivity contribution in [2.75, 3.05) is 34.9 Å². The maximum Gasteiger partial charge on any atom is 0.226 e. The van der Waals surface area contributed by atoms with E-state index in [4.69, 9.17) is 9.47 Å². The van der Waals surface area contributed by atoms with Crippen LogP contribution in [0, 0.1) is 5.82 Å². The van der Waals surface area contributed by atoms with Gasteiger partial charge in [-0.15, -0.1) is 11.3 Å². The van der Waals surface area contributed by atoms with Crippen molar-refractivity contribution in [2.45, 2.75) is 12.5 Å². The molecule has 0 aliphatic rings. The second-order valence-electron chi connectivity index (χ2n) is 7.23. The second kappa shape index (κ2) is 10.4. The van der Waals surface area contributed by atoms with Gasteiger partial charge in [-0.2, -0.15) is 0 Å². The third kappa shape index (κ3) is 5.80. The summed E-state index contributed by atoms with van der Waals surface area (Å²) in [5.74, 6) is 0.853. The molecule has 0 saturated heterocycles. The molecule has 1 amide bonds. The lowest BCUT2D eigenvalue weighted by Gasteiger charge is -2.25. The molecule has 0 saturated carbocycles. The molecule has 0 aliphatic carbocycles. The summed E-state index contributed by atoms with van der Waals surface area (Å²) >= 11 is 1.47. The number of carbonyl (C=O) groups excluding carboxylic acids is 1. The molecule has 0 fully saturated rings. The van der Waals surface area contributed by atoms with E-state index in [9.17, 15) is 9.18 Å². The summed E-state index contributed by atoms with van der Waals surface area (Å²) in [6, 6.07) is 11.9. The Bertz CT molecular complexity index is 1040. The van der Waals surface area contributed by atoms with Gasteiger partial charge in [-0.1, -0.05) is 12.1 Å². The van der Waals surface area contributed by atoms with Gasteiger partial charge in [0.05, 0.1) is 32.4 Å². The predicted molar refractivity (Wildman–Crippen MR) is 120 cm³/mol. The summed E-state index contributed by atoms with van der Waals surface area (Å²) in [7, 11) is 6.98. The minimum atomic E-state index is -0.291. The molecule has 0 unspecified atom stereocenters. The number of methoxy groups -OCH3 is 2. The minimum Gasteiger partial charge on any atom is -0.493 e. The molecule has 31 heavy (non-hydrogen) atoms. The highest BCUT2D eigenvalue weighted by molar-refractivity contribution is 7.13. The van der Waals surface area contributed by atoms with Crippen LogP contribution in [0.15, 0.2) is 47.8 Å². The number of halogens is 1. The SMILES string of the molecule is COc1ccc(-c2nc(CC(=O)NC[C@@H](c3cccc(F)c3)N(C)C)cs2)cc1OC. The Hall–Kier alpha value is -2.97. The number of benzene rings is 2. The molecule has 6 nitrogen and oxygen atoms in total. The van der Waals surface area contributed by atoms with E-state index in [-0.39, 0.29) is 24.2 Å². The standard InChI is InChI=1S/C23H26FN3O3S/c1-27(2)19(15-6-5-7-17(24)10-15)13-25-22(28)12-18-14-31-23(26-18)16-8-9-20(29-3)21(11-16)30-4/h5-11,14,19H,12-13H2,1-4H3,(H,25,28)/t19-/m0/s1. The maximum absolute atomic E-state index is 13.6. The number of amides is 1. The summed E-state index contributed by atoms with van der Waals surface area (Å²) in [4.78, 5) is 19.0. The first-order valence-corrected chi connectivity index (χ1v) is 10.6. The number of nitrogens with zero attached hydrogens (tertiary/aromatic N) is 2. The quantitative estimate of drug-likeness (QED) is 0.543. The van der Waals surface area contributed by atoms with Gasteiger partial charge in [-0.3, -0.25) is 4.79 Å². The van der Waals surface area contributed by atoms with E-state index < -0.39 is 0 Å². The molecule has 3 rings (SSSR count). The van der Waals surface area contributed by atoms with Crippen molar-refractivity contribution in [3.8, 4) is 22.1 Å². The Kier molecular flexibility index (Phi) is 7.59. The van der Waals surface area contributed by atoms with E-state index in [1.807, 2.05) is 48.6 Å². The van der Waals surface area contributed by atoms with E-state index >= 15 is 0 Å². The van der Waals surface area contributed by atoms with Gasteiger partial charge in [0, 0.05) is 17.5 Å². The Balaban J connectivity index is 1.63. The topological polar surface area (TPSA) is 63.7 Å². The van der Waals surface area contributed by atoms with E-state index in [2.05, 4.69) is 10.3 Å². The molecule has 0 spiro atoms. The average molecular weight is 444 g/mol. The zero-order chi connectivity index (χ0) is 22.4. The summed E-state index contributed by atoms with van der Waals surface area (Å²) in [5, 5.41) is 5.62. The van der Waals surface area contributed by atoms with Crippen LogP contribution >= 0.6 is 11.3 Å². The number of carbonyl (C=O) groups is 1. The first kappa shape index (κ1) is 22.7. The van der Waals surface area contributed by atoms with Crippen LogP contribution in [-0.4, -0.2) is 50.7 Å². The van der Waals surface area contributed by atoms with Crippen molar-refractivity contribution < 1.29 is 18.7 Å². The second-order valence-corrected chi connectivity index (χ2v) is 8.09. The molecule has 1 aromatic heterocycles. The van der Waals surface area contributed by atoms with Crippen molar-refractivity contribution in [1.29, 1.82) is 0 Å². The fourth-order valence-corrected chi connectivity index (χ4v) is 4.06. The Labute approximate surface area is 185 Å². The van der Waals surface area contributed by atoms with Crippen LogP contribution in [0.2, 0.25) is 0 Å². The molecular formula is C23H26FN3O3S.